The molecule has 1 atom stereocenters. The fraction of sp³-hybridized carbons (Fsp3) is 0.947. The van der Waals surface area contributed by atoms with Crippen molar-refractivity contribution in [3.8, 4) is 0 Å². The highest BCUT2D eigenvalue weighted by molar-refractivity contribution is 5.82. The van der Waals surface area contributed by atoms with Gasteiger partial charge in [0.25, 0.3) is 0 Å². The Kier molecular flexibility index (Phi) is 10.9. The predicted molar refractivity (Wildman–Crippen MR) is 91.7 cm³/mol. The number of piperidine rings is 1. The topological polar surface area (TPSA) is 20.3 Å². The molecular weight excluding hydrogens is 258 g/mol. The molecule has 0 aromatic carbocycles. The quantitative estimate of drug-likeness (QED) is 0.461. The summed E-state index contributed by atoms with van der Waals surface area (Å²) in [5.41, 5.74) is 0. The molecule has 1 aliphatic heterocycles. The number of hydrogen-bond donors (Lipinski definition) is 0. The van der Waals surface area contributed by atoms with Gasteiger partial charge in [-0.2, -0.15) is 0 Å². The molecule has 0 aromatic rings. The van der Waals surface area contributed by atoms with E-state index in [1.165, 1.54) is 70.8 Å². The van der Waals surface area contributed by atoms with Gasteiger partial charge in [-0.3, -0.25) is 4.79 Å². The van der Waals surface area contributed by atoms with Gasteiger partial charge in [0, 0.05) is 25.4 Å². The van der Waals surface area contributed by atoms with E-state index in [4.69, 9.17) is 0 Å². The highest BCUT2D eigenvalue weighted by Crippen LogP contribution is 2.17. The number of unbranched alkanes of at least 4 members (excludes halogenated alkanes) is 9. The molecule has 1 fully saturated rings. The molecule has 0 bridgehead atoms. The van der Waals surface area contributed by atoms with Crippen molar-refractivity contribution in [3.63, 3.8) is 0 Å². The highest BCUT2D eigenvalue weighted by Gasteiger charge is 2.24. The fourth-order valence-corrected chi connectivity index (χ4v) is 3.36. The van der Waals surface area contributed by atoms with Crippen molar-refractivity contribution in [2.75, 3.05) is 19.6 Å². The SMILES string of the molecule is CCCCCCCCCCCCN1CCC(=O)C(CC)C1. The minimum absolute atomic E-state index is 0.321. The Bertz CT molecular complexity index is 264. The smallest absolute Gasteiger partial charge is 0.138 e. The van der Waals surface area contributed by atoms with Crippen LogP contribution in [0.25, 0.3) is 0 Å². The molecule has 1 heterocycles. The van der Waals surface area contributed by atoms with Crippen molar-refractivity contribution in [2.24, 2.45) is 5.92 Å². The number of carbonyl (C=O) groups excluding carboxylic acids is 1. The number of ketones is 1. The van der Waals surface area contributed by atoms with Gasteiger partial charge >= 0.3 is 0 Å². The average molecular weight is 296 g/mol. The first-order valence-corrected chi connectivity index (χ1v) is 9.53. The number of hydrogen-bond acceptors (Lipinski definition) is 2. The third-order valence-corrected chi connectivity index (χ3v) is 4.93. The van der Waals surface area contributed by atoms with Crippen LogP contribution in [0, 0.1) is 5.92 Å². The van der Waals surface area contributed by atoms with Crippen LogP contribution < -0.4 is 0 Å². The maximum Gasteiger partial charge on any atom is 0.138 e. The largest absolute Gasteiger partial charge is 0.302 e. The van der Waals surface area contributed by atoms with Gasteiger partial charge in [0.2, 0.25) is 0 Å². The Labute approximate surface area is 132 Å². The zero-order valence-corrected chi connectivity index (χ0v) is 14.5. The second kappa shape index (κ2) is 12.2. The van der Waals surface area contributed by atoms with Crippen molar-refractivity contribution < 1.29 is 4.79 Å². The van der Waals surface area contributed by atoms with Gasteiger partial charge < -0.3 is 4.90 Å². The highest BCUT2D eigenvalue weighted by atomic mass is 16.1. The molecule has 2 heteroatoms. The van der Waals surface area contributed by atoms with Crippen LogP contribution in [0.15, 0.2) is 0 Å². The van der Waals surface area contributed by atoms with Gasteiger partial charge in [-0.15, -0.1) is 0 Å². The third kappa shape index (κ3) is 8.60. The van der Waals surface area contributed by atoms with Crippen molar-refractivity contribution >= 4 is 5.78 Å². The van der Waals surface area contributed by atoms with Gasteiger partial charge in [0.05, 0.1) is 0 Å². The predicted octanol–water partition coefficient (Wildman–Crippen LogP) is 5.21. The van der Waals surface area contributed by atoms with E-state index in [9.17, 15) is 4.79 Å². The van der Waals surface area contributed by atoms with E-state index in [0.717, 1.165) is 25.9 Å². The molecule has 0 N–H and O–H groups in total. The molecule has 1 rings (SSSR count). The van der Waals surface area contributed by atoms with E-state index >= 15 is 0 Å². The zero-order valence-electron chi connectivity index (χ0n) is 14.5. The number of likely N-dealkylation sites (tertiary alicyclic amines) is 1. The first kappa shape index (κ1) is 18.7. The van der Waals surface area contributed by atoms with Crippen LogP contribution in [0.1, 0.15) is 90.9 Å². The molecule has 1 aliphatic rings. The number of rotatable bonds is 12. The average Bonchev–Trinajstić information content (AvgIpc) is 2.50. The molecule has 0 radical (unpaired) electrons. The molecule has 1 saturated heterocycles. The van der Waals surface area contributed by atoms with Crippen LogP contribution in [0.3, 0.4) is 0 Å². The number of nitrogens with zero attached hydrogens (tertiary/aromatic N) is 1. The van der Waals surface area contributed by atoms with Crippen LogP contribution >= 0.6 is 0 Å². The van der Waals surface area contributed by atoms with Crippen LogP contribution in [0.2, 0.25) is 0 Å². The van der Waals surface area contributed by atoms with Gasteiger partial charge in [-0.05, 0) is 19.4 Å². The summed E-state index contributed by atoms with van der Waals surface area (Å²) in [5, 5.41) is 0. The monoisotopic (exact) mass is 295 g/mol. The summed E-state index contributed by atoms with van der Waals surface area (Å²) in [6.07, 6.45) is 15.8. The molecule has 2 nitrogen and oxygen atoms in total. The minimum atomic E-state index is 0.321. The Hall–Kier alpha value is -0.370. The Morgan fingerprint density at radius 1 is 0.905 bits per heavy atom. The molecular formula is C19H37NO. The summed E-state index contributed by atoms with van der Waals surface area (Å²) < 4.78 is 0. The van der Waals surface area contributed by atoms with Crippen LogP contribution in [0.4, 0.5) is 0 Å². The standard InChI is InChI=1S/C19H37NO/c1-3-5-6-7-8-9-10-11-12-13-15-20-16-14-19(21)18(4-2)17-20/h18H,3-17H2,1-2H3. The molecule has 0 aliphatic carbocycles. The molecule has 21 heavy (non-hydrogen) atoms. The number of carbonyl (C=O) groups is 1. The van der Waals surface area contributed by atoms with Crippen molar-refractivity contribution in [1.29, 1.82) is 0 Å². The lowest BCUT2D eigenvalue weighted by molar-refractivity contribution is -0.126. The second-order valence-electron chi connectivity index (χ2n) is 6.80. The normalized spacial score (nSPS) is 20.1. The van der Waals surface area contributed by atoms with Gasteiger partial charge in [0.15, 0.2) is 0 Å². The van der Waals surface area contributed by atoms with E-state index in [1.54, 1.807) is 0 Å². The summed E-state index contributed by atoms with van der Waals surface area (Å²) in [6, 6.07) is 0. The Balaban J connectivity index is 1.89. The molecule has 0 amide bonds. The summed E-state index contributed by atoms with van der Waals surface area (Å²) in [5.74, 6) is 0.818. The maximum absolute atomic E-state index is 11.7. The van der Waals surface area contributed by atoms with Crippen molar-refractivity contribution in [2.45, 2.75) is 90.9 Å². The summed E-state index contributed by atoms with van der Waals surface area (Å²) in [4.78, 5) is 14.2. The van der Waals surface area contributed by atoms with E-state index in [0.29, 0.717) is 11.7 Å². The Morgan fingerprint density at radius 2 is 1.48 bits per heavy atom. The fourth-order valence-electron chi connectivity index (χ4n) is 3.36. The molecule has 0 saturated carbocycles. The lowest BCUT2D eigenvalue weighted by Crippen LogP contribution is -2.40. The third-order valence-electron chi connectivity index (χ3n) is 4.93. The van der Waals surface area contributed by atoms with E-state index < -0.39 is 0 Å². The molecule has 0 spiro atoms. The molecule has 124 valence electrons. The lowest BCUT2D eigenvalue weighted by atomic mass is 9.94. The van der Waals surface area contributed by atoms with Crippen LogP contribution in [0.5, 0.6) is 0 Å². The van der Waals surface area contributed by atoms with Gasteiger partial charge in [-0.1, -0.05) is 71.6 Å². The first-order chi connectivity index (χ1) is 10.3. The molecule has 0 aromatic heterocycles. The van der Waals surface area contributed by atoms with Gasteiger partial charge in [-0.25, -0.2) is 0 Å². The van der Waals surface area contributed by atoms with E-state index in [-0.39, 0.29) is 0 Å². The van der Waals surface area contributed by atoms with Crippen LogP contribution in [-0.4, -0.2) is 30.3 Å². The first-order valence-electron chi connectivity index (χ1n) is 9.53. The lowest BCUT2D eigenvalue weighted by Gasteiger charge is -2.31. The van der Waals surface area contributed by atoms with Crippen molar-refractivity contribution in [1.82, 2.24) is 4.90 Å². The van der Waals surface area contributed by atoms with E-state index in [2.05, 4.69) is 18.7 Å². The summed E-state index contributed by atoms with van der Waals surface area (Å²) >= 11 is 0. The maximum atomic E-state index is 11.7. The molecule has 1 unspecified atom stereocenters. The van der Waals surface area contributed by atoms with Gasteiger partial charge in [0.1, 0.15) is 5.78 Å². The zero-order chi connectivity index (χ0) is 15.3. The van der Waals surface area contributed by atoms with Crippen molar-refractivity contribution in [3.05, 3.63) is 0 Å². The summed E-state index contributed by atoms with van der Waals surface area (Å²) in [6.45, 7) is 7.66. The Morgan fingerprint density at radius 3 is 2.05 bits per heavy atom. The van der Waals surface area contributed by atoms with E-state index in [1.807, 2.05) is 0 Å². The second-order valence-corrected chi connectivity index (χ2v) is 6.80. The number of Topliss-reactive ketones (excluding diaryl/α,β-unsaturated/α-hetero) is 1. The summed E-state index contributed by atoms with van der Waals surface area (Å²) in [7, 11) is 0. The minimum Gasteiger partial charge on any atom is -0.302 e. The van der Waals surface area contributed by atoms with Crippen LogP contribution in [-0.2, 0) is 4.79 Å².